The number of aromatic nitrogens is 2. The SMILES string of the molecule is Cc1nn(C)c(C)c1CC(C)C(=O)N1CC2CCCC2C1C(=O)O. The van der Waals surface area contributed by atoms with Crippen molar-refractivity contribution in [2.24, 2.45) is 24.8 Å². The lowest BCUT2D eigenvalue weighted by Gasteiger charge is -2.27. The van der Waals surface area contributed by atoms with Gasteiger partial charge in [-0.1, -0.05) is 13.3 Å². The number of hydrogen-bond donors (Lipinski definition) is 1. The molecule has 0 radical (unpaired) electrons. The Morgan fingerprint density at radius 3 is 2.62 bits per heavy atom. The van der Waals surface area contributed by atoms with E-state index in [0.29, 0.717) is 18.9 Å². The molecule has 6 heteroatoms. The van der Waals surface area contributed by atoms with E-state index in [2.05, 4.69) is 5.10 Å². The van der Waals surface area contributed by atoms with Crippen molar-refractivity contribution in [2.45, 2.75) is 52.5 Å². The lowest BCUT2D eigenvalue weighted by Crippen LogP contribution is -2.45. The van der Waals surface area contributed by atoms with Gasteiger partial charge in [0.05, 0.1) is 5.69 Å². The molecule has 2 heterocycles. The standard InChI is InChI=1S/C18H27N3O3/c1-10(8-15-11(2)19-20(4)12(15)3)17(22)21-9-13-6-5-7-14(13)16(21)18(23)24/h10,13-14,16H,5-9H2,1-4H3,(H,23,24). The van der Waals surface area contributed by atoms with E-state index < -0.39 is 12.0 Å². The van der Waals surface area contributed by atoms with Gasteiger partial charge in [-0.15, -0.1) is 0 Å². The number of aliphatic carboxylic acids is 1. The van der Waals surface area contributed by atoms with Crippen LogP contribution in [0.15, 0.2) is 0 Å². The van der Waals surface area contributed by atoms with E-state index >= 15 is 0 Å². The summed E-state index contributed by atoms with van der Waals surface area (Å²) in [5, 5.41) is 14.0. The number of hydrogen-bond acceptors (Lipinski definition) is 3. The highest BCUT2D eigenvalue weighted by Gasteiger charge is 2.50. The molecule has 1 aromatic heterocycles. The fraction of sp³-hybridized carbons (Fsp3) is 0.722. The number of fused-ring (bicyclic) bond motifs is 1. The van der Waals surface area contributed by atoms with Crippen LogP contribution >= 0.6 is 0 Å². The summed E-state index contributed by atoms with van der Waals surface area (Å²) in [5.41, 5.74) is 3.12. The van der Waals surface area contributed by atoms with Gasteiger partial charge in [0.2, 0.25) is 5.91 Å². The Hall–Kier alpha value is -1.85. The first-order valence-electron chi connectivity index (χ1n) is 8.83. The molecular weight excluding hydrogens is 306 g/mol. The van der Waals surface area contributed by atoms with Gasteiger partial charge in [0.25, 0.3) is 0 Å². The van der Waals surface area contributed by atoms with Crippen LogP contribution in [0, 0.1) is 31.6 Å². The largest absolute Gasteiger partial charge is 0.480 e. The molecule has 4 unspecified atom stereocenters. The van der Waals surface area contributed by atoms with Gasteiger partial charge in [-0.05, 0) is 50.5 Å². The maximum Gasteiger partial charge on any atom is 0.326 e. The Bertz CT molecular complexity index is 667. The second kappa shape index (κ2) is 6.22. The average molecular weight is 333 g/mol. The Morgan fingerprint density at radius 1 is 1.33 bits per heavy atom. The summed E-state index contributed by atoms with van der Waals surface area (Å²) >= 11 is 0. The number of likely N-dealkylation sites (tertiary alicyclic amines) is 1. The maximum atomic E-state index is 13.0. The number of carbonyl (C=O) groups excluding carboxylic acids is 1. The molecule has 24 heavy (non-hydrogen) atoms. The Labute approximate surface area is 142 Å². The minimum absolute atomic E-state index is 0.0283. The van der Waals surface area contributed by atoms with Crippen LogP contribution < -0.4 is 0 Å². The first-order chi connectivity index (χ1) is 11.3. The van der Waals surface area contributed by atoms with Gasteiger partial charge in [0.1, 0.15) is 6.04 Å². The van der Waals surface area contributed by atoms with Gasteiger partial charge in [-0.2, -0.15) is 5.10 Å². The summed E-state index contributed by atoms with van der Waals surface area (Å²) in [4.78, 5) is 26.3. The van der Waals surface area contributed by atoms with Crippen molar-refractivity contribution in [3.8, 4) is 0 Å². The lowest BCUT2D eigenvalue weighted by molar-refractivity contribution is -0.151. The molecule has 132 valence electrons. The van der Waals surface area contributed by atoms with Crippen molar-refractivity contribution in [1.29, 1.82) is 0 Å². The molecule has 1 saturated heterocycles. The third-order valence-corrected chi connectivity index (χ3v) is 6.02. The highest BCUT2D eigenvalue weighted by atomic mass is 16.4. The summed E-state index contributed by atoms with van der Waals surface area (Å²) in [6.07, 6.45) is 3.68. The molecule has 0 aromatic carbocycles. The first-order valence-corrected chi connectivity index (χ1v) is 8.83. The van der Waals surface area contributed by atoms with Gasteiger partial charge in [0, 0.05) is 25.2 Å². The molecule has 3 rings (SSSR count). The number of amides is 1. The molecule has 4 atom stereocenters. The van der Waals surface area contributed by atoms with Crippen LogP contribution in [-0.2, 0) is 23.1 Å². The van der Waals surface area contributed by atoms with E-state index in [4.69, 9.17) is 0 Å². The van der Waals surface area contributed by atoms with Crippen LogP contribution in [0.3, 0.4) is 0 Å². The number of aryl methyl sites for hydroxylation is 2. The van der Waals surface area contributed by atoms with Crippen LogP contribution in [0.4, 0.5) is 0 Å². The van der Waals surface area contributed by atoms with E-state index in [1.165, 1.54) is 0 Å². The average Bonchev–Trinajstić information content (AvgIpc) is 3.15. The van der Waals surface area contributed by atoms with Crippen molar-refractivity contribution in [3.63, 3.8) is 0 Å². The van der Waals surface area contributed by atoms with Crippen molar-refractivity contribution in [2.75, 3.05) is 6.54 Å². The molecule has 0 spiro atoms. The maximum absolute atomic E-state index is 13.0. The number of carboxylic acids is 1. The van der Waals surface area contributed by atoms with E-state index in [0.717, 1.165) is 36.2 Å². The molecule has 1 amide bonds. The molecule has 1 aliphatic heterocycles. The van der Waals surface area contributed by atoms with Crippen LogP contribution in [0.1, 0.15) is 43.1 Å². The van der Waals surface area contributed by atoms with Crippen LogP contribution in [0.2, 0.25) is 0 Å². The van der Waals surface area contributed by atoms with Gasteiger partial charge in [-0.3, -0.25) is 9.48 Å². The predicted molar refractivity (Wildman–Crippen MR) is 89.5 cm³/mol. The fourth-order valence-corrected chi connectivity index (χ4v) is 4.64. The molecule has 6 nitrogen and oxygen atoms in total. The molecule has 2 aliphatic rings. The number of nitrogens with zero attached hydrogens (tertiary/aromatic N) is 3. The van der Waals surface area contributed by atoms with Crippen molar-refractivity contribution < 1.29 is 14.7 Å². The van der Waals surface area contributed by atoms with Crippen molar-refractivity contribution >= 4 is 11.9 Å². The molecular formula is C18H27N3O3. The zero-order valence-electron chi connectivity index (χ0n) is 15.0. The van der Waals surface area contributed by atoms with Crippen LogP contribution in [0.5, 0.6) is 0 Å². The Morgan fingerprint density at radius 2 is 2.04 bits per heavy atom. The summed E-state index contributed by atoms with van der Waals surface area (Å²) in [5.74, 6) is -0.602. The van der Waals surface area contributed by atoms with Gasteiger partial charge in [-0.25, -0.2) is 4.79 Å². The van der Waals surface area contributed by atoms with Crippen molar-refractivity contribution in [3.05, 3.63) is 17.0 Å². The van der Waals surface area contributed by atoms with Gasteiger partial charge in [0.15, 0.2) is 0 Å². The van der Waals surface area contributed by atoms with E-state index in [-0.39, 0.29) is 17.7 Å². The van der Waals surface area contributed by atoms with Gasteiger partial charge < -0.3 is 10.0 Å². The molecule has 1 aromatic rings. The van der Waals surface area contributed by atoms with E-state index in [1.54, 1.807) is 4.90 Å². The normalized spacial score (nSPS) is 27.3. The van der Waals surface area contributed by atoms with Crippen LogP contribution in [0.25, 0.3) is 0 Å². The predicted octanol–water partition coefficient (Wildman–Crippen LogP) is 1.93. The zero-order chi connectivity index (χ0) is 17.6. The Kier molecular flexibility index (Phi) is 4.40. The molecule has 1 N–H and O–H groups in total. The quantitative estimate of drug-likeness (QED) is 0.913. The highest BCUT2D eigenvalue weighted by Crippen LogP contribution is 2.42. The molecule has 1 aliphatic carbocycles. The number of rotatable bonds is 4. The summed E-state index contributed by atoms with van der Waals surface area (Å²) in [6, 6.07) is -0.636. The summed E-state index contributed by atoms with van der Waals surface area (Å²) < 4.78 is 1.84. The van der Waals surface area contributed by atoms with Crippen molar-refractivity contribution in [1.82, 2.24) is 14.7 Å². The third-order valence-electron chi connectivity index (χ3n) is 6.02. The minimum Gasteiger partial charge on any atom is -0.480 e. The zero-order valence-corrected chi connectivity index (χ0v) is 15.0. The topological polar surface area (TPSA) is 75.4 Å². The number of carbonyl (C=O) groups is 2. The van der Waals surface area contributed by atoms with E-state index in [1.807, 2.05) is 32.5 Å². The summed E-state index contributed by atoms with van der Waals surface area (Å²) in [7, 11) is 1.90. The second-order valence-corrected chi connectivity index (χ2v) is 7.51. The number of carboxylic acid groups (broad SMARTS) is 1. The Balaban J connectivity index is 1.76. The second-order valence-electron chi connectivity index (χ2n) is 7.51. The minimum atomic E-state index is -0.848. The summed E-state index contributed by atoms with van der Waals surface area (Å²) in [6.45, 7) is 6.48. The molecule has 2 fully saturated rings. The molecule has 1 saturated carbocycles. The fourth-order valence-electron chi connectivity index (χ4n) is 4.64. The monoisotopic (exact) mass is 333 g/mol. The van der Waals surface area contributed by atoms with Gasteiger partial charge >= 0.3 is 5.97 Å². The smallest absolute Gasteiger partial charge is 0.326 e. The van der Waals surface area contributed by atoms with E-state index in [9.17, 15) is 14.7 Å². The third kappa shape index (κ3) is 2.72. The lowest BCUT2D eigenvalue weighted by atomic mass is 9.93. The highest BCUT2D eigenvalue weighted by molar-refractivity contribution is 5.86. The molecule has 0 bridgehead atoms. The first kappa shape index (κ1) is 17.0. The van der Waals surface area contributed by atoms with Crippen LogP contribution in [-0.4, -0.2) is 44.3 Å².